The third kappa shape index (κ3) is 25.1. The van der Waals surface area contributed by atoms with E-state index < -0.39 is 0 Å². The molecular weight excluding hydrogens is 144 g/mol. The second-order valence-corrected chi connectivity index (χ2v) is 2.28. The van der Waals surface area contributed by atoms with Gasteiger partial charge in [-0.3, -0.25) is 4.79 Å². The molecule has 0 fully saturated rings. The van der Waals surface area contributed by atoms with Crippen LogP contribution in [0, 0.1) is 0 Å². The Balaban J connectivity index is 0. The average Bonchev–Trinajstić information content (AvgIpc) is 1.89. The number of hydrogen-bond acceptors (Lipinski definition) is 1. The smallest absolute Gasteiger partial charge is 0.208 e. The SMILES string of the molecule is CC=CC(=O)S.CCCC. The number of hydrogen-bond donors (Lipinski definition) is 1. The van der Waals surface area contributed by atoms with E-state index in [1.165, 1.54) is 18.9 Å². The van der Waals surface area contributed by atoms with Crippen molar-refractivity contribution in [1.82, 2.24) is 0 Å². The normalized spacial score (nSPS) is 8.80. The minimum absolute atomic E-state index is 0.197. The fraction of sp³-hybridized carbons (Fsp3) is 0.625. The number of rotatable bonds is 2. The van der Waals surface area contributed by atoms with Gasteiger partial charge in [0.05, 0.1) is 0 Å². The predicted molar refractivity (Wildman–Crippen MR) is 49.4 cm³/mol. The molecule has 0 radical (unpaired) electrons. The lowest BCUT2D eigenvalue weighted by molar-refractivity contribution is -0.106. The molecule has 0 aromatic carbocycles. The van der Waals surface area contributed by atoms with Crippen molar-refractivity contribution in [3.8, 4) is 0 Å². The quantitative estimate of drug-likeness (QED) is 0.485. The van der Waals surface area contributed by atoms with Gasteiger partial charge in [0, 0.05) is 0 Å². The molecule has 0 N–H and O–H groups in total. The molecule has 0 spiro atoms. The molecule has 0 aromatic heterocycles. The summed E-state index contributed by atoms with van der Waals surface area (Å²) in [6.45, 7) is 6.13. The summed E-state index contributed by atoms with van der Waals surface area (Å²) in [5.74, 6) is 0. The van der Waals surface area contributed by atoms with Crippen molar-refractivity contribution in [3.63, 3.8) is 0 Å². The molecule has 0 saturated carbocycles. The van der Waals surface area contributed by atoms with Crippen molar-refractivity contribution in [2.45, 2.75) is 33.6 Å². The highest BCUT2D eigenvalue weighted by atomic mass is 32.1. The summed E-state index contributed by atoms with van der Waals surface area (Å²) in [5.41, 5.74) is 0. The Morgan fingerprint density at radius 3 is 1.80 bits per heavy atom. The topological polar surface area (TPSA) is 17.1 Å². The third-order valence-corrected chi connectivity index (χ3v) is 0.958. The molecule has 0 heterocycles. The first kappa shape index (κ1) is 12.4. The molecule has 0 amide bonds. The van der Waals surface area contributed by atoms with Crippen LogP contribution in [-0.2, 0) is 4.79 Å². The number of unbranched alkanes of at least 4 members (excludes halogenated alkanes) is 1. The maximum absolute atomic E-state index is 9.82. The summed E-state index contributed by atoms with van der Waals surface area (Å²) >= 11 is 3.45. The first-order valence-electron chi connectivity index (χ1n) is 3.54. The van der Waals surface area contributed by atoms with Crippen LogP contribution in [0.15, 0.2) is 12.2 Å². The zero-order chi connectivity index (χ0) is 8.41. The van der Waals surface area contributed by atoms with Gasteiger partial charge in [-0.05, 0) is 13.0 Å². The summed E-state index contributed by atoms with van der Waals surface area (Å²) in [5, 5.41) is -0.197. The molecule has 0 atom stereocenters. The molecule has 0 aromatic rings. The van der Waals surface area contributed by atoms with E-state index in [4.69, 9.17) is 0 Å². The van der Waals surface area contributed by atoms with Crippen molar-refractivity contribution < 1.29 is 4.79 Å². The van der Waals surface area contributed by atoms with Gasteiger partial charge in [-0.15, -0.1) is 12.6 Å². The molecule has 60 valence electrons. The number of carbonyl (C=O) groups is 1. The lowest BCUT2D eigenvalue weighted by atomic mass is 10.4. The number of carbonyl (C=O) groups excluding carboxylic acids is 1. The zero-order valence-corrected chi connectivity index (χ0v) is 7.82. The first-order chi connectivity index (χ1) is 4.68. The Bertz CT molecular complexity index is 95.4. The van der Waals surface area contributed by atoms with Gasteiger partial charge < -0.3 is 0 Å². The van der Waals surface area contributed by atoms with Crippen LogP contribution in [0.3, 0.4) is 0 Å². The van der Waals surface area contributed by atoms with E-state index in [1.807, 2.05) is 0 Å². The molecule has 0 aliphatic carbocycles. The van der Waals surface area contributed by atoms with Gasteiger partial charge in [0.1, 0.15) is 0 Å². The molecule has 0 rings (SSSR count). The highest BCUT2D eigenvalue weighted by Crippen LogP contribution is 1.77. The van der Waals surface area contributed by atoms with Crippen molar-refractivity contribution in [2.75, 3.05) is 0 Å². The van der Waals surface area contributed by atoms with E-state index in [2.05, 4.69) is 26.5 Å². The average molecular weight is 160 g/mol. The summed E-state index contributed by atoms with van der Waals surface area (Å²) < 4.78 is 0. The van der Waals surface area contributed by atoms with Crippen molar-refractivity contribution in [3.05, 3.63) is 12.2 Å². The summed E-state index contributed by atoms with van der Waals surface area (Å²) in [6, 6.07) is 0. The number of thiol groups is 1. The predicted octanol–water partition coefficient (Wildman–Crippen LogP) is 2.83. The molecule has 2 heteroatoms. The Morgan fingerprint density at radius 2 is 1.80 bits per heavy atom. The van der Waals surface area contributed by atoms with Crippen LogP contribution in [0.4, 0.5) is 0 Å². The van der Waals surface area contributed by atoms with Gasteiger partial charge in [-0.2, -0.15) is 0 Å². The maximum atomic E-state index is 9.82. The van der Waals surface area contributed by atoms with Crippen molar-refractivity contribution >= 4 is 17.7 Å². The monoisotopic (exact) mass is 160 g/mol. The molecular formula is C8H16OS. The van der Waals surface area contributed by atoms with Crippen LogP contribution in [-0.4, -0.2) is 5.12 Å². The fourth-order valence-corrected chi connectivity index (χ4v) is 0.292. The van der Waals surface area contributed by atoms with Crippen LogP contribution in [0.25, 0.3) is 0 Å². The zero-order valence-electron chi connectivity index (χ0n) is 6.92. The largest absolute Gasteiger partial charge is 0.283 e. The summed E-state index contributed by atoms with van der Waals surface area (Å²) in [6.07, 6.45) is 5.68. The lowest BCUT2D eigenvalue weighted by Crippen LogP contribution is -1.70. The van der Waals surface area contributed by atoms with Gasteiger partial charge >= 0.3 is 0 Å². The van der Waals surface area contributed by atoms with Crippen LogP contribution >= 0.6 is 12.6 Å². The minimum atomic E-state index is -0.197. The fourth-order valence-electron chi connectivity index (χ4n) is 0.143. The highest BCUT2D eigenvalue weighted by Gasteiger charge is 1.74. The Hall–Kier alpha value is -0.240. The van der Waals surface area contributed by atoms with E-state index in [-0.39, 0.29) is 5.12 Å². The van der Waals surface area contributed by atoms with Gasteiger partial charge in [0.25, 0.3) is 0 Å². The highest BCUT2D eigenvalue weighted by molar-refractivity contribution is 7.97. The second-order valence-electron chi connectivity index (χ2n) is 1.84. The summed E-state index contributed by atoms with van der Waals surface area (Å²) in [7, 11) is 0. The molecule has 0 aliphatic heterocycles. The Kier molecular flexibility index (Phi) is 14.4. The lowest BCUT2D eigenvalue weighted by Gasteiger charge is -1.68. The Morgan fingerprint density at radius 1 is 1.40 bits per heavy atom. The van der Waals surface area contributed by atoms with Crippen LogP contribution in [0.2, 0.25) is 0 Å². The van der Waals surface area contributed by atoms with Gasteiger partial charge in [-0.25, -0.2) is 0 Å². The van der Waals surface area contributed by atoms with Crippen LogP contribution in [0.5, 0.6) is 0 Å². The van der Waals surface area contributed by atoms with Crippen molar-refractivity contribution in [1.29, 1.82) is 0 Å². The number of allylic oxidation sites excluding steroid dienone is 1. The van der Waals surface area contributed by atoms with E-state index >= 15 is 0 Å². The van der Waals surface area contributed by atoms with E-state index in [0.717, 1.165) is 0 Å². The molecule has 0 bridgehead atoms. The van der Waals surface area contributed by atoms with Gasteiger partial charge in [0.2, 0.25) is 5.12 Å². The molecule has 0 unspecified atom stereocenters. The summed E-state index contributed by atoms with van der Waals surface area (Å²) in [4.78, 5) is 9.82. The third-order valence-electron chi connectivity index (χ3n) is 0.809. The molecule has 0 saturated heterocycles. The molecule has 10 heavy (non-hydrogen) atoms. The minimum Gasteiger partial charge on any atom is -0.283 e. The standard InChI is InChI=1S/C4H6OS.C4H10/c1-2-3-4(5)6;1-3-4-2/h2-3H,1H3,(H,5,6);3-4H2,1-2H3. The van der Waals surface area contributed by atoms with E-state index in [1.54, 1.807) is 13.0 Å². The first-order valence-corrected chi connectivity index (χ1v) is 3.99. The maximum Gasteiger partial charge on any atom is 0.208 e. The second kappa shape index (κ2) is 11.5. The van der Waals surface area contributed by atoms with Gasteiger partial charge in [0.15, 0.2) is 0 Å². The Labute approximate surface area is 68.9 Å². The van der Waals surface area contributed by atoms with Crippen LogP contribution < -0.4 is 0 Å². The van der Waals surface area contributed by atoms with Crippen LogP contribution in [0.1, 0.15) is 33.6 Å². The molecule has 1 nitrogen and oxygen atoms in total. The molecule has 0 aliphatic rings. The van der Waals surface area contributed by atoms with Gasteiger partial charge in [-0.1, -0.05) is 32.8 Å². The van der Waals surface area contributed by atoms with E-state index in [9.17, 15) is 4.79 Å². The van der Waals surface area contributed by atoms with Crippen molar-refractivity contribution in [2.24, 2.45) is 0 Å². The van der Waals surface area contributed by atoms with E-state index in [0.29, 0.717) is 0 Å².